The van der Waals surface area contributed by atoms with Gasteiger partial charge in [0, 0.05) is 10.8 Å². The highest BCUT2D eigenvalue weighted by Crippen LogP contribution is 2.33. The standard InChI is InChI=1S/C21H16O3/c1-12-7-9-14(10-8-12)19-13(2)24-21-16-6-4-3-5-15(16)18(22)11-17(21)20(19)23/h3-11,22H,1-2H3. The molecule has 0 atom stereocenters. The lowest BCUT2D eigenvalue weighted by Crippen LogP contribution is -2.07. The predicted molar refractivity (Wildman–Crippen MR) is 96.6 cm³/mol. The van der Waals surface area contributed by atoms with Crippen LogP contribution in [0.4, 0.5) is 0 Å². The maximum atomic E-state index is 13.1. The Bertz CT molecular complexity index is 1140. The van der Waals surface area contributed by atoms with Gasteiger partial charge in [-0.25, -0.2) is 0 Å². The van der Waals surface area contributed by atoms with Gasteiger partial charge in [0.25, 0.3) is 0 Å². The average molecular weight is 316 g/mol. The van der Waals surface area contributed by atoms with Crippen LogP contribution in [0.25, 0.3) is 32.9 Å². The first-order chi connectivity index (χ1) is 11.6. The number of hydrogen-bond donors (Lipinski definition) is 1. The molecule has 3 heteroatoms. The molecule has 0 aliphatic heterocycles. The van der Waals surface area contributed by atoms with Crippen LogP contribution in [0.1, 0.15) is 11.3 Å². The van der Waals surface area contributed by atoms with Crippen LogP contribution in [0.3, 0.4) is 0 Å². The first kappa shape index (κ1) is 14.5. The Kier molecular flexibility index (Phi) is 3.17. The molecule has 4 rings (SSSR count). The maximum Gasteiger partial charge on any atom is 0.200 e. The smallest absolute Gasteiger partial charge is 0.200 e. The van der Waals surface area contributed by atoms with Gasteiger partial charge in [-0.05, 0) is 25.5 Å². The van der Waals surface area contributed by atoms with E-state index in [2.05, 4.69) is 0 Å². The molecule has 0 saturated heterocycles. The molecule has 0 aliphatic carbocycles. The van der Waals surface area contributed by atoms with Gasteiger partial charge in [-0.15, -0.1) is 0 Å². The molecular formula is C21H16O3. The van der Waals surface area contributed by atoms with Gasteiger partial charge >= 0.3 is 0 Å². The molecule has 1 aromatic heterocycles. The number of phenolic OH excluding ortho intramolecular Hbond substituents is 1. The first-order valence-electron chi connectivity index (χ1n) is 7.81. The Morgan fingerprint density at radius 2 is 1.54 bits per heavy atom. The summed E-state index contributed by atoms with van der Waals surface area (Å²) < 4.78 is 6.02. The fourth-order valence-corrected chi connectivity index (χ4v) is 3.16. The van der Waals surface area contributed by atoms with Crippen molar-refractivity contribution in [3.63, 3.8) is 0 Å². The topological polar surface area (TPSA) is 50.4 Å². The number of benzene rings is 3. The van der Waals surface area contributed by atoms with E-state index in [-0.39, 0.29) is 11.2 Å². The van der Waals surface area contributed by atoms with Crippen molar-refractivity contribution in [3.8, 4) is 16.9 Å². The zero-order valence-electron chi connectivity index (χ0n) is 13.5. The molecule has 1 heterocycles. The monoisotopic (exact) mass is 316 g/mol. The molecule has 118 valence electrons. The predicted octanol–water partition coefficient (Wildman–Crippen LogP) is 4.94. The zero-order chi connectivity index (χ0) is 16.8. The molecule has 24 heavy (non-hydrogen) atoms. The molecule has 0 bridgehead atoms. The SMILES string of the molecule is Cc1ccc(-c2c(C)oc3c(cc(O)c4ccccc43)c2=O)cc1. The number of aryl methyl sites for hydroxylation is 2. The number of phenols is 1. The van der Waals surface area contributed by atoms with E-state index in [4.69, 9.17) is 4.42 Å². The van der Waals surface area contributed by atoms with Gasteiger partial charge in [-0.1, -0.05) is 54.1 Å². The Hall–Kier alpha value is -3.07. The molecule has 0 fully saturated rings. The van der Waals surface area contributed by atoms with E-state index in [1.165, 1.54) is 6.07 Å². The minimum atomic E-state index is -0.126. The van der Waals surface area contributed by atoms with Crippen LogP contribution in [-0.4, -0.2) is 5.11 Å². The molecule has 0 spiro atoms. The van der Waals surface area contributed by atoms with Crippen LogP contribution in [0.5, 0.6) is 5.75 Å². The first-order valence-corrected chi connectivity index (χ1v) is 7.81. The van der Waals surface area contributed by atoms with Gasteiger partial charge in [0.15, 0.2) is 0 Å². The van der Waals surface area contributed by atoms with Crippen LogP contribution in [0.15, 0.2) is 63.8 Å². The molecule has 0 saturated carbocycles. The largest absolute Gasteiger partial charge is 0.507 e. The van der Waals surface area contributed by atoms with Crippen LogP contribution < -0.4 is 5.43 Å². The van der Waals surface area contributed by atoms with Crippen molar-refractivity contribution in [2.75, 3.05) is 0 Å². The summed E-state index contributed by atoms with van der Waals surface area (Å²) in [4.78, 5) is 13.1. The average Bonchev–Trinajstić information content (AvgIpc) is 2.58. The molecule has 0 aliphatic rings. The number of aromatic hydroxyl groups is 1. The zero-order valence-corrected chi connectivity index (χ0v) is 13.5. The van der Waals surface area contributed by atoms with Crippen molar-refractivity contribution in [2.24, 2.45) is 0 Å². The molecule has 3 nitrogen and oxygen atoms in total. The third kappa shape index (κ3) is 2.09. The Morgan fingerprint density at radius 3 is 2.25 bits per heavy atom. The summed E-state index contributed by atoms with van der Waals surface area (Å²) >= 11 is 0. The quantitative estimate of drug-likeness (QED) is 0.506. The second-order valence-electron chi connectivity index (χ2n) is 6.05. The number of rotatable bonds is 1. The van der Waals surface area contributed by atoms with Crippen LogP contribution >= 0.6 is 0 Å². The van der Waals surface area contributed by atoms with Crippen molar-refractivity contribution < 1.29 is 9.52 Å². The molecule has 3 aromatic carbocycles. The second-order valence-corrected chi connectivity index (χ2v) is 6.05. The molecule has 0 unspecified atom stereocenters. The highest BCUT2D eigenvalue weighted by molar-refractivity contribution is 6.07. The molecule has 0 radical (unpaired) electrons. The van der Waals surface area contributed by atoms with Gasteiger partial charge in [0.2, 0.25) is 5.43 Å². The van der Waals surface area contributed by atoms with Gasteiger partial charge < -0.3 is 9.52 Å². The van der Waals surface area contributed by atoms with Crippen LogP contribution in [-0.2, 0) is 0 Å². The fraction of sp³-hybridized carbons (Fsp3) is 0.0952. The lowest BCUT2D eigenvalue weighted by Gasteiger charge is -2.10. The highest BCUT2D eigenvalue weighted by atomic mass is 16.3. The summed E-state index contributed by atoms with van der Waals surface area (Å²) in [5.74, 6) is 0.663. The third-order valence-corrected chi connectivity index (χ3v) is 4.39. The van der Waals surface area contributed by atoms with Crippen molar-refractivity contribution in [2.45, 2.75) is 13.8 Å². The van der Waals surface area contributed by atoms with Crippen molar-refractivity contribution in [1.82, 2.24) is 0 Å². The Labute approximate surface area is 138 Å². The lowest BCUT2D eigenvalue weighted by atomic mass is 9.99. The number of fused-ring (bicyclic) bond motifs is 3. The van der Waals surface area contributed by atoms with Crippen LogP contribution in [0, 0.1) is 13.8 Å². The Morgan fingerprint density at radius 1 is 0.875 bits per heavy atom. The summed E-state index contributed by atoms with van der Waals surface area (Å²) in [6.07, 6.45) is 0. The molecule has 4 aromatic rings. The van der Waals surface area contributed by atoms with Gasteiger partial charge in [-0.3, -0.25) is 4.79 Å². The molecule has 1 N–H and O–H groups in total. The highest BCUT2D eigenvalue weighted by Gasteiger charge is 2.16. The summed E-state index contributed by atoms with van der Waals surface area (Å²) in [5.41, 5.74) is 2.88. The summed E-state index contributed by atoms with van der Waals surface area (Å²) in [6.45, 7) is 3.81. The summed E-state index contributed by atoms with van der Waals surface area (Å²) in [7, 11) is 0. The third-order valence-electron chi connectivity index (χ3n) is 4.39. The minimum Gasteiger partial charge on any atom is -0.507 e. The summed E-state index contributed by atoms with van der Waals surface area (Å²) in [6, 6.07) is 16.7. The van der Waals surface area contributed by atoms with Crippen molar-refractivity contribution in [3.05, 3.63) is 76.1 Å². The fourth-order valence-electron chi connectivity index (χ4n) is 3.16. The molecular weight excluding hydrogens is 300 g/mol. The van der Waals surface area contributed by atoms with E-state index in [0.717, 1.165) is 16.5 Å². The van der Waals surface area contributed by atoms with Gasteiger partial charge in [0.05, 0.1) is 10.9 Å². The van der Waals surface area contributed by atoms with E-state index in [0.29, 0.717) is 27.7 Å². The summed E-state index contributed by atoms with van der Waals surface area (Å²) in [5, 5.41) is 12.1. The maximum absolute atomic E-state index is 13.1. The minimum absolute atomic E-state index is 0.0871. The van der Waals surface area contributed by atoms with E-state index in [9.17, 15) is 9.90 Å². The van der Waals surface area contributed by atoms with E-state index in [1.54, 1.807) is 6.92 Å². The van der Waals surface area contributed by atoms with E-state index >= 15 is 0 Å². The Balaban J connectivity index is 2.14. The number of hydrogen-bond acceptors (Lipinski definition) is 3. The second kappa shape index (κ2) is 5.24. The molecule has 0 amide bonds. The van der Waals surface area contributed by atoms with Crippen molar-refractivity contribution in [1.29, 1.82) is 0 Å². The van der Waals surface area contributed by atoms with E-state index in [1.807, 2.05) is 55.5 Å². The lowest BCUT2D eigenvalue weighted by molar-refractivity contribution is 0.481. The van der Waals surface area contributed by atoms with Crippen molar-refractivity contribution >= 4 is 21.7 Å². The van der Waals surface area contributed by atoms with E-state index < -0.39 is 0 Å². The normalized spacial score (nSPS) is 11.2. The van der Waals surface area contributed by atoms with Gasteiger partial charge in [0.1, 0.15) is 17.1 Å². The van der Waals surface area contributed by atoms with Crippen LogP contribution in [0.2, 0.25) is 0 Å². The van der Waals surface area contributed by atoms with Gasteiger partial charge in [-0.2, -0.15) is 0 Å².